The van der Waals surface area contributed by atoms with E-state index in [-0.39, 0.29) is 6.61 Å². The molecule has 0 atom stereocenters. The van der Waals surface area contributed by atoms with E-state index < -0.39 is 6.29 Å². The van der Waals surface area contributed by atoms with Gasteiger partial charge in [0, 0.05) is 0 Å². The first-order valence-corrected chi connectivity index (χ1v) is 3.40. The molecule has 0 amide bonds. The Balaban J connectivity index is 2.27. The van der Waals surface area contributed by atoms with E-state index in [1.165, 1.54) is 0 Å². The second kappa shape index (κ2) is 2.43. The minimum Gasteiger partial charge on any atom is -0.448 e. The zero-order chi connectivity index (χ0) is 7.68. The maximum Gasteiger partial charge on any atom is 0.267 e. The number of benzene rings is 1. The Morgan fingerprint density at radius 3 is 2.18 bits per heavy atom. The molecular weight excluding hydrogens is 144 g/mol. The summed E-state index contributed by atoms with van der Waals surface area (Å²) >= 11 is 0. The van der Waals surface area contributed by atoms with E-state index in [2.05, 4.69) is 0 Å². The van der Waals surface area contributed by atoms with E-state index in [1.54, 1.807) is 12.1 Å². The monoisotopic (exact) mass is 151 g/mol. The van der Waals surface area contributed by atoms with Gasteiger partial charge in [-0.15, -0.1) is 0 Å². The van der Waals surface area contributed by atoms with Crippen LogP contribution < -0.4 is 9.47 Å². The second-order valence-electron chi connectivity index (χ2n) is 2.28. The molecule has 1 radical (unpaired) electrons. The van der Waals surface area contributed by atoms with Gasteiger partial charge in [0.25, 0.3) is 6.29 Å². The van der Waals surface area contributed by atoms with Crippen LogP contribution in [-0.2, 0) is 5.11 Å². The number of para-hydroxylation sites is 2. The molecule has 57 valence electrons. The molecule has 0 N–H and O–H groups in total. The third kappa shape index (κ3) is 1.03. The van der Waals surface area contributed by atoms with Gasteiger partial charge in [-0.3, -0.25) is 0 Å². The molecule has 0 unspecified atom stereocenters. The third-order valence-electron chi connectivity index (χ3n) is 1.50. The van der Waals surface area contributed by atoms with Crippen molar-refractivity contribution in [2.24, 2.45) is 0 Å². The van der Waals surface area contributed by atoms with Crippen molar-refractivity contribution in [1.29, 1.82) is 0 Å². The Hall–Kier alpha value is -1.22. The van der Waals surface area contributed by atoms with Crippen LogP contribution in [0.2, 0.25) is 0 Å². The standard InChI is InChI=1S/C8H7O3/c9-5-8-10-6-3-1-2-4-7(6)11-8/h1-4,8H,5H2. The van der Waals surface area contributed by atoms with Crippen LogP contribution >= 0.6 is 0 Å². The van der Waals surface area contributed by atoms with E-state index in [0.717, 1.165) is 0 Å². The lowest BCUT2D eigenvalue weighted by molar-refractivity contribution is -0.0253. The number of fused-ring (bicyclic) bond motifs is 1. The van der Waals surface area contributed by atoms with Crippen LogP contribution in [0.15, 0.2) is 24.3 Å². The van der Waals surface area contributed by atoms with Gasteiger partial charge in [-0.25, -0.2) is 5.11 Å². The minimum atomic E-state index is -0.632. The van der Waals surface area contributed by atoms with Gasteiger partial charge in [0.2, 0.25) is 0 Å². The molecule has 3 heteroatoms. The first-order valence-electron chi connectivity index (χ1n) is 3.40. The van der Waals surface area contributed by atoms with Crippen molar-refractivity contribution < 1.29 is 14.6 Å². The average Bonchev–Trinajstić information content (AvgIpc) is 2.46. The van der Waals surface area contributed by atoms with Crippen molar-refractivity contribution in [3.8, 4) is 11.5 Å². The normalized spacial score (nSPS) is 15.4. The summed E-state index contributed by atoms with van der Waals surface area (Å²) in [6.45, 7) is -0.366. The molecule has 3 nitrogen and oxygen atoms in total. The maximum absolute atomic E-state index is 10.4. The smallest absolute Gasteiger partial charge is 0.267 e. The summed E-state index contributed by atoms with van der Waals surface area (Å²) < 4.78 is 10.2. The molecule has 0 spiro atoms. The molecule has 0 fully saturated rings. The van der Waals surface area contributed by atoms with Crippen molar-refractivity contribution in [2.75, 3.05) is 6.61 Å². The van der Waals surface area contributed by atoms with Crippen molar-refractivity contribution in [1.82, 2.24) is 0 Å². The topological polar surface area (TPSA) is 38.4 Å². The first-order chi connectivity index (χ1) is 5.40. The molecule has 1 aliphatic rings. The summed E-state index contributed by atoms with van der Waals surface area (Å²) in [4.78, 5) is 0. The van der Waals surface area contributed by atoms with Gasteiger partial charge < -0.3 is 9.47 Å². The van der Waals surface area contributed by atoms with Crippen molar-refractivity contribution >= 4 is 0 Å². The van der Waals surface area contributed by atoms with Gasteiger partial charge in [-0.2, -0.15) is 0 Å². The summed E-state index contributed by atoms with van der Waals surface area (Å²) in [7, 11) is 0. The number of rotatable bonds is 1. The fourth-order valence-electron chi connectivity index (χ4n) is 1.02. The lowest BCUT2D eigenvalue weighted by atomic mass is 10.3. The summed E-state index contributed by atoms with van der Waals surface area (Å²) in [6.07, 6.45) is -0.632. The summed E-state index contributed by atoms with van der Waals surface area (Å²) in [6, 6.07) is 7.25. The van der Waals surface area contributed by atoms with Crippen LogP contribution in [0.5, 0.6) is 11.5 Å². The van der Waals surface area contributed by atoms with Gasteiger partial charge in [0.05, 0.1) is 0 Å². The third-order valence-corrected chi connectivity index (χ3v) is 1.50. The molecule has 1 heterocycles. The van der Waals surface area contributed by atoms with E-state index in [1.807, 2.05) is 12.1 Å². The highest BCUT2D eigenvalue weighted by atomic mass is 16.7. The Kier molecular flexibility index (Phi) is 1.43. The summed E-state index contributed by atoms with van der Waals surface area (Å²) in [5.74, 6) is 1.32. The van der Waals surface area contributed by atoms with E-state index in [4.69, 9.17) is 9.47 Å². The molecule has 0 saturated heterocycles. The Bertz CT molecular complexity index is 234. The zero-order valence-corrected chi connectivity index (χ0v) is 5.82. The number of ether oxygens (including phenoxy) is 2. The minimum absolute atomic E-state index is 0.366. The van der Waals surface area contributed by atoms with Crippen LogP contribution in [0.1, 0.15) is 0 Å². The van der Waals surface area contributed by atoms with E-state index in [0.29, 0.717) is 11.5 Å². The predicted octanol–water partition coefficient (Wildman–Crippen LogP) is 1.21. The van der Waals surface area contributed by atoms with Crippen molar-refractivity contribution in [2.45, 2.75) is 6.29 Å². The van der Waals surface area contributed by atoms with Gasteiger partial charge in [0.1, 0.15) is 0 Å². The van der Waals surface area contributed by atoms with E-state index >= 15 is 0 Å². The second-order valence-corrected chi connectivity index (χ2v) is 2.28. The highest BCUT2D eigenvalue weighted by Gasteiger charge is 2.22. The fraction of sp³-hybridized carbons (Fsp3) is 0.250. The van der Waals surface area contributed by atoms with Gasteiger partial charge in [-0.1, -0.05) is 12.1 Å². The van der Waals surface area contributed by atoms with Gasteiger partial charge >= 0.3 is 0 Å². The predicted molar refractivity (Wildman–Crippen MR) is 37.0 cm³/mol. The molecule has 2 rings (SSSR count). The maximum atomic E-state index is 10.4. The Morgan fingerprint density at radius 1 is 1.18 bits per heavy atom. The van der Waals surface area contributed by atoms with Crippen LogP contribution in [0, 0.1) is 0 Å². The fourth-order valence-corrected chi connectivity index (χ4v) is 1.02. The Morgan fingerprint density at radius 2 is 1.73 bits per heavy atom. The van der Waals surface area contributed by atoms with Crippen LogP contribution in [0.3, 0.4) is 0 Å². The number of hydrogen-bond donors (Lipinski definition) is 0. The van der Waals surface area contributed by atoms with Gasteiger partial charge in [-0.05, 0) is 12.1 Å². The molecule has 1 aromatic carbocycles. The molecular formula is C8H7O3. The zero-order valence-electron chi connectivity index (χ0n) is 5.82. The molecule has 0 aromatic heterocycles. The van der Waals surface area contributed by atoms with Crippen LogP contribution in [0.4, 0.5) is 0 Å². The van der Waals surface area contributed by atoms with E-state index in [9.17, 15) is 5.11 Å². The molecule has 11 heavy (non-hydrogen) atoms. The lowest BCUT2D eigenvalue weighted by Crippen LogP contribution is -2.21. The largest absolute Gasteiger partial charge is 0.448 e. The molecule has 1 aromatic rings. The highest BCUT2D eigenvalue weighted by Crippen LogP contribution is 2.33. The Labute approximate surface area is 64.2 Å². The van der Waals surface area contributed by atoms with Crippen molar-refractivity contribution in [3.05, 3.63) is 24.3 Å². The first kappa shape index (κ1) is 6.49. The molecule has 0 bridgehead atoms. The molecule has 1 aliphatic heterocycles. The molecule has 0 aliphatic carbocycles. The average molecular weight is 151 g/mol. The summed E-state index contributed by atoms with van der Waals surface area (Å²) in [5.41, 5.74) is 0. The van der Waals surface area contributed by atoms with Crippen molar-refractivity contribution in [3.63, 3.8) is 0 Å². The molecule has 0 saturated carbocycles. The van der Waals surface area contributed by atoms with Gasteiger partial charge in [0.15, 0.2) is 18.1 Å². The lowest BCUT2D eigenvalue weighted by Gasteiger charge is -2.02. The quantitative estimate of drug-likeness (QED) is 0.605. The van der Waals surface area contributed by atoms with Crippen LogP contribution in [0.25, 0.3) is 0 Å². The number of hydrogen-bond acceptors (Lipinski definition) is 2. The summed E-state index contributed by atoms with van der Waals surface area (Å²) in [5, 5.41) is 10.4. The SMILES string of the molecule is [O]CC1Oc2ccccc2O1. The highest BCUT2D eigenvalue weighted by molar-refractivity contribution is 5.41. The van der Waals surface area contributed by atoms with Crippen LogP contribution in [-0.4, -0.2) is 12.9 Å².